The van der Waals surface area contributed by atoms with Gasteiger partial charge >= 0.3 is 0 Å². The molecule has 0 saturated heterocycles. The van der Waals surface area contributed by atoms with Gasteiger partial charge in [0.1, 0.15) is 6.67 Å². The highest BCUT2D eigenvalue weighted by Crippen LogP contribution is 2.28. The number of nitrogens with one attached hydrogen (secondary N) is 2. The maximum Gasteiger partial charge on any atom is 0.277 e. The number of nitrogens with zero attached hydrogens (tertiary/aromatic N) is 3. The van der Waals surface area contributed by atoms with E-state index in [9.17, 15) is 14.0 Å². The lowest BCUT2D eigenvalue weighted by Gasteiger charge is -2.10. The molecule has 0 spiro atoms. The van der Waals surface area contributed by atoms with Gasteiger partial charge in [0.25, 0.3) is 11.8 Å². The first-order valence-electron chi connectivity index (χ1n) is 8.33. The average molecular weight is 416 g/mol. The largest absolute Gasteiger partial charge is 0.322 e. The highest BCUT2D eigenvalue weighted by atomic mass is 35.5. The number of carbonyl (C=O) groups excluding carboxylic acids is 2. The van der Waals surface area contributed by atoms with E-state index < -0.39 is 18.5 Å². The molecule has 0 radical (unpaired) electrons. The van der Waals surface area contributed by atoms with E-state index in [1.807, 2.05) is 0 Å². The zero-order valence-electron chi connectivity index (χ0n) is 15.1. The summed E-state index contributed by atoms with van der Waals surface area (Å²) in [6, 6.07) is 7.72. The van der Waals surface area contributed by atoms with E-state index in [2.05, 4.69) is 20.3 Å². The van der Waals surface area contributed by atoms with Crippen LogP contribution in [-0.2, 0) is 6.67 Å². The summed E-state index contributed by atoms with van der Waals surface area (Å²) in [4.78, 5) is 36.1. The molecule has 29 heavy (non-hydrogen) atoms. The second-order valence-corrected chi connectivity index (χ2v) is 6.36. The Morgan fingerprint density at radius 3 is 2.48 bits per heavy atom. The number of anilines is 1. The van der Waals surface area contributed by atoms with Crippen LogP contribution in [0, 0.1) is 6.92 Å². The first kappa shape index (κ1) is 20.3. The molecule has 2 amide bonds. The second-order valence-electron chi connectivity index (χ2n) is 5.95. The molecule has 0 atom stereocenters. The topological polar surface area (TPSA) is 117 Å². The molecule has 2 aromatic heterocycles. The summed E-state index contributed by atoms with van der Waals surface area (Å²) >= 11 is 6.22. The number of aryl methyl sites for hydroxylation is 1. The molecular weight excluding hydrogens is 401 g/mol. The molecule has 0 unspecified atom stereocenters. The van der Waals surface area contributed by atoms with E-state index in [4.69, 9.17) is 16.8 Å². The summed E-state index contributed by atoms with van der Waals surface area (Å²) in [5.41, 5.74) is 3.40. The van der Waals surface area contributed by atoms with E-state index in [1.54, 1.807) is 25.1 Å². The molecule has 0 saturated carbocycles. The van der Waals surface area contributed by atoms with Gasteiger partial charge < -0.3 is 5.32 Å². The summed E-state index contributed by atoms with van der Waals surface area (Å²) in [6.07, 6.45) is 2.47. The van der Waals surface area contributed by atoms with Crippen molar-refractivity contribution in [3.05, 3.63) is 70.3 Å². The molecule has 0 aliphatic carbocycles. The molecule has 3 rings (SSSR count). The van der Waals surface area contributed by atoms with Crippen molar-refractivity contribution >= 4 is 29.1 Å². The Balaban J connectivity index is 1.85. The summed E-state index contributed by atoms with van der Waals surface area (Å²) in [5.74, 6) is -0.929. The molecular formula is C19H15ClFN5O3. The molecule has 10 heteroatoms. The third-order valence-electron chi connectivity index (χ3n) is 4.01. The van der Waals surface area contributed by atoms with Gasteiger partial charge in [-0.1, -0.05) is 11.6 Å². The number of halogens is 2. The number of amides is 2. The predicted molar refractivity (Wildman–Crippen MR) is 103 cm³/mol. The van der Waals surface area contributed by atoms with Crippen LogP contribution in [-0.4, -0.2) is 32.0 Å². The fourth-order valence-electron chi connectivity index (χ4n) is 2.55. The van der Waals surface area contributed by atoms with Gasteiger partial charge in [-0.25, -0.2) is 19.8 Å². The van der Waals surface area contributed by atoms with Crippen molar-refractivity contribution in [3.8, 4) is 11.4 Å². The van der Waals surface area contributed by atoms with E-state index >= 15 is 0 Å². The third-order valence-corrected chi connectivity index (χ3v) is 4.34. The van der Waals surface area contributed by atoms with Gasteiger partial charge in [0, 0.05) is 23.6 Å². The highest BCUT2D eigenvalue weighted by Gasteiger charge is 2.14. The van der Waals surface area contributed by atoms with Gasteiger partial charge in [0.15, 0.2) is 5.82 Å². The van der Waals surface area contributed by atoms with Crippen LogP contribution in [0.1, 0.15) is 32.1 Å². The quantitative estimate of drug-likeness (QED) is 0.434. The van der Waals surface area contributed by atoms with E-state index in [-0.39, 0.29) is 17.1 Å². The number of aromatic nitrogens is 3. The summed E-state index contributed by atoms with van der Waals surface area (Å²) in [6.45, 7) is 0.918. The Morgan fingerprint density at radius 1 is 1.14 bits per heavy atom. The lowest BCUT2D eigenvalue weighted by molar-refractivity contribution is 0.0705. The zero-order valence-corrected chi connectivity index (χ0v) is 15.9. The monoisotopic (exact) mass is 415 g/mol. The first-order valence-corrected chi connectivity index (χ1v) is 8.71. The number of rotatable bonds is 5. The average Bonchev–Trinajstić information content (AvgIpc) is 2.74. The smallest absolute Gasteiger partial charge is 0.277 e. The van der Waals surface area contributed by atoms with Crippen molar-refractivity contribution in [1.82, 2.24) is 20.4 Å². The van der Waals surface area contributed by atoms with Crippen LogP contribution in [0.4, 0.5) is 10.1 Å². The summed E-state index contributed by atoms with van der Waals surface area (Å²) < 4.78 is 12.7. The SMILES string of the molecule is Cc1nc(CF)ccc1C(=O)Nc1ccc(Cl)c(-c2ncc(C(=O)NO)cn2)c1. The number of hydroxylamine groups is 1. The molecule has 1 aromatic carbocycles. The Morgan fingerprint density at radius 2 is 1.86 bits per heavy atom. The standard InChI is InChI=1S/C19H15ClFN5O3/c1-10-14(4-2-13(7-21)24-10)19(28)25-12-3-5-16(20)15(6-12)17-22-8-11(9-23-17)18(27)26-29/h2-6,8-9,29H,7H2,1H3,(H,25,28)(H,26,27). The highest BCUT2D eigenvalue weighted by molar-refractivity contribution is 6.33. The van der Waals surface area contributed by atoms with Crippen LogP contribution in [0.3, 0.4) is 0 Å². The van der Waals surface area contributed by atoms with Crippen LogP contribution in [0.15, 0.2) is 42.7 Å². The van der Waals surface area contributed by atoms with Gasteiger partial charge in [-0.3, -0.25) is 19.8 Å². The van der Waals surface area contributed by atoms with Crippen LogP contribution in [0.2, 0.25) is 5.02 Å². The van der Waals surface area contributed by atoms with Gasteiger partial charge in [0.2, 0.25) is 0 Å². The van der Waals surface area contributed by atoms with Crippen molar-refractivity contribution in [2.45, 2.75) is 13.6 Å². The second kappa shape index (κ2) is 8.72. The Labute approximate surface area is 169 Å². The van der Waals surface area contributed by atoms with Crippen molar-refractivity contribution in [2.24, 2.45) is 0 Å². The normalized spacial score (nSPS) is 10.5. The lowest BCUT2D eigenvalue weighted by atomic mass is 10.1. The van der Waals surface area contributed by atoms with Crippen molar-refractivity contribution in [2.75, 3.05) is 5.32 Å². The molecule has 2 heterocycles. The van der Waals surface area contributed by atoms with E-state index in [0.717, 1.165) is 0 Å². The number of hydrogen-bond acceptors (Lipinski definition) is 6. The molecule has 3 aromatic rings. The van der Waals surface area contributed by atoms with Crippen LogP contribution in [0.25, 0.3) is 11.4 Å². The summed E-state index contributed by atoms with van der Waals surface area (Å²) in [7, 11) is 0. The van der Waals surface area contributed by atoms with Crippen LogP contribution in [0.5, 0.6) is 0 Å². The Bertz CT molecular complexity index is 1080. The predicted octanol–water partition coefficient (Wildman–Crippen LogP) is 3.34. The third kappa shape index (κ3) is 4.53. The number of benzene rings is 1. The molecule has 148 valence electrons. The minimum atomic E-state index is -0.744. The first-order chi connectivity index (χ1) is 13.9. The van der Waals surface area contributed by atoms with E-state index in [0.29, 0.717) is 27.5 Å². The van der Waals surface area contributed by atoms with E-state index in [1.165, 1.54) is 30.0 Å². The number of hydrogen-bond donors (Lipinski definition) is 3. The fourth-order valence-corrected chi connectivity index (χ4v) is 2.75. The van der Waals surface area contributed by atoms with Gasteiger partial charge in [-0.05, 0) is 37.3 Å². The molecule has 0 aliphatic rings. The molecule has 3 N–H and O–H groups in total. The van der Waals surface area contributed by atoms with Crippen molar-refractivity contribution < 1.29 is 19.2 Å². The van der Waals surface area contributed by atoms with Crippen LogP contribution >= 0.6 is 11.6 Å². The maximum atomic E-state index is 12.7. The number of carbonyl (C=O) groups is 2. The maximum absolute atomic E-state index is 12.7. The number of alkyl halides is 1. The van der Waals surface area contributed by atoms with Crippen molar-refractivity contribution in [3.63, 3.8) is 0 Å². The molecule has 8 nitrogen and oxygen atoms in total. The van der Waals surface area contributed by atoms with Gasteiger partial charge in [-0.2, -0.15) is 0 Å². The fraction of sp³-hybridized carbons (Fsp3) is 0.105. The minimum absolute atomic E-state index is 0.0662. The van der Waals surface area contributed by atoms with Crippen LogP contribution < -0.4 is 10.8 Å². The van der Waals surface area contributed by atoms with Crippen molar-refractivity contribution in [1.29, 1.82) is 0 Å². The number of pyridine rings is 1. The summed E-state index contributed by atoms with van der Waals surface area (Å²) in [5, 5.41) is 11.7. The van der Waals surface area contributed by atoms with Gasteiger partial charge in [-0.15, -0.1) is 0 Å². The molecule has 0 fully saturated rings. The Kier molecular flexibility index (Phi) is 6.10. The zero-order chi connectivity index (χ0) is 21.0. The Hall–Kier alpha value is -3.43. The lowest BCUT2D eigenvalue weighted by Crippen LogP contribution is -2.19. The molecule has 0 aliphatic heterocycles. The minimum Gasteiger partial charge on any atom is -0.322 e. The molecule has 0 bridgehead atoms. The van der Waals surface area contributed by atoms with Gasteiger partial charge in [0.05, 0.1) is 27.5 Å².